The molecule has 3 aromatic rings. The van der Waals surface area contributed by atoms with E-state index >= 15 is 0 Å². The van der Waals surface area contributed by atoms with Gasteiger partial charge in [-0.1, -0.05) is 54.6 Å². The fourth-order valence-electron chi connectivity index (χ4n) is 5.52. The van der Waals surface area contributed by atoms with E-state index in [4.69, 9.17) is 0 Å². The summed E-state index contributed by atoms with van der Waals surface area (Å²) in [6.07, 6.45) is 3.96. The van der Waals surface area contributed by atoms with Gasteiger partial charge in [0.15, 0.2) is 0 Å². The van der Waals surface area contributed by atoms with Crippen LogP contribution in [0.1, 0.15) is 53.2 Å². The molecule has 3 aromatic carbocycles. The molecule has 0 bridgehead atoms. The van der Waals surface area contributed by atoms with Crippen LogP contribution in [0.5, 0.6) is 0 Å². The van der Waals surface area contributed by atoms with Crippen LogP contribution in [0.2, 0.25) is 0 Å². The molecule has 2 atom stereocenters. The van der Waals surface area contributed by atoms with Crippen LogP contribution in [0.4, 0.5) is 11.4 Å². The second-order valence-electron chi connectivity index (χ2n) is 9.65. The van der Waals surface area contributed by atoms with Crippen molar-refractivity contribution < 1.29 is 9.59 Å². The topological polar surface area (TPSA) is 52.7 Å². The lowest BCUT2D eigenvalue weighted by Gasteiger charge is -2.41. The zero-order chi connectivity index (χ0) is 24.2. The molecule has 0 spiro atoms. The highest BCUT2D eigenvalue weighted by Crippen LogP contribution is 2.38. The summed E-state index contributed by atoms with van der Waals surface area (Å²) in [5, 5.41) is 3.18. The first-order valence-electron chi connectivity index (χ1n) is 12.7. The SMILES string of the molecule is Cc1ccccc1C(=O)N1CCC[C@H](C(=O)Nc2cccc(N3CCCC3)c2)[C@@H]1c1ccccc1. The Balaban J connectivity index is 1.43. The Morgan fingerprint density at radius 1 is 0.829 bits per heavy atom. The highest BCUT2D eigenvalue weighted by atomic mass is 16.2. The molecule has 1 N–H and O–H groups in total. The van der Waals surface area contributed by atoms with Crippen LogP contribution >= 0.6 is 0 Å². The van der Waals surface area contributed by atoms with E-state index in [0.29, 0.717) is 12.1 Å². The van der Waals surface area contributed by atoms with Gasteiger partial charge >= 0.3 is 0 Å². The molecule has 0 unspecified atom stereocenters. The quantitative estimate of drug-likeness (QED) is 0.514. The number of carbonyl (C=O) groups is 2. The minimum atomic E-state index is -0.324. The van der Waals surface area contributed by atoms with Gasteiger partial charge in [-0.05, 0) is 68.0 Å². The molecule has 0 aliphatic carbocycles. The lowest BCUT2D eigenvalue weighted by Crippen LogP contribution is -2.46. The molecule has 5 nitrogen and oxygen atoms in total. The molecule has 2 saturated heterocycles. The van der Waals surface area contributed by atoms with Crippen molar-refractivity contribution in [1.29, 1.82) is 0 Å². The van der Waals surface area contributed by atoms with Gasteiger partial charge in [-0.2, -0.15) is 0 Å². The number of rotatable bonds is 5. The lowest BCUT2D eigenvalue weighted by molar-refractivity contribution is -0.123. The predicted molar refractivity (Wildman–Crippen MR) is 141 cm³/mol. The number of hydrogen-bond acceptors (Lipinski definition) is 3. The first kappa shape index (κ1) is 23.2. The van der Waals surface area contributed by atoms with E-state index in [1.165, 1.54) is 12.8 Å². The molecule has 35 heavy (non-hydrogen) atoms. The van der Waals surface area contributed by atoms with Crippen LogP contribution < -0.4 is 10.2 Å². The van der Waals surface area contributed by atoms with Crippen molar-refractivity contribution in [3.8, 4) is 0 Å². The number of nitrogens with one attached hydrogen (secondary N) is 1. The van der Waals surface area contributed by atoms with E-state index in [2.05, 4.69) is 22.3 Å². The number of aryl methyl sites for hydroxylation is 1. The minimum absolute atomic E-state index is 0.00881. The highest BCUT2D eigenvalue weighted by molar-refractivity contribution is 5.98. The van der Waals surface area contributed by atoms with Gasteiger partial charge in [0.2, 0.25) is 5.91 Å². The summed E-state index contributed by atoms with van der Waals surface area (Å²) in [6.45, 7) is 4.73. The number of anilines is 2. The molecule has 5 rings (SSSR count). The predicted octanol–water partition coefficient (Wildman–Crippen LogP) is 5.83. The molecule has 2 heterocycles. The number of piperidine rings is 1. The monoisotopic (exact) mass is 467 g/mol. The van der Waals surface area contributed by atoms with Crippen molar-refractivity contribution in [3.63, 3.8) is 0 Å². The largest absolute Gasteiger partial charge is 0.371 e. The lowest BCUT2D eigenvalue weighted by atomic mass is 9.83. The van der Waals surface area contributed by atoms with Gasteiger partial charge in [0.1, 0.15) is 0 Å². The van der Waals surface area contributed by atoms with Crippen molar-refractivity contribution in [2.75, 3.05) is 29.9 Å². The Morgan fingerprint density at radius 2 is 1.57 bits per heavy atom. The number of amides is 2. The van der Waals surface area contributed by atoms with Crippen molar-refractivity contribution in [3.05, 3.63) is 95.6 Å². The minimum Gasteiger partial charge on any atom is -0.371 e. The normalized spacial score (nSPS) is 20.0. The van der Waals surface area contributed by atoms with Crippen LogP contribution in [-0.4, -0.2) is 36.3 Å². The van der Waals surface area contributed by atoms with Crippen LogP contribution in [0.3, 0.4) is 0 Å². The molecule has 0 radical (unpaired) electrons. The zero-order valence-electron chi connectivity index (χ0n) is 20.3. The molecule has 5 heteroatoms. The number of likely N-dealkylation sites (tertiary alicyclic amines) is 1. The average molecular weight is 468 g/mol. The Hall–Kier alpha value is -3.60. The first-order valence-corrected chi connectivity index (χ1v) is 12.7. The van der Waals surface area contributed by atoms with Gasteiger partial charge < -0.3 is 15.1 Å². The third-order valence-corrected chi connectivity index (χ3v) is 7.33. The maximum atomic E-state index is 13.7. The van der Waals surface area contributed by atoms with E-state index in [1.54, 1.807) is 0 Å². The van der Waals surface area contributed by atoms with Crippen molar-refractivity contribution in [2.45, 2.75) is 38.6 Å². The Kier molecular flexibility index (Phi) is 6.84. The molecule has 180 valence electrons. The van der Waals surface area contributed by atoms with Crippen molar-refractivity contribution >= 4 is 23.2 Å². The van der Waals surface area contributed by atoms with E-state index in [-0.39, 0.29) is 23.8 Å². The van der Waals surface area contributed by atoms with Crippen LogP contribution in [-0.2, 0) is 4.79 Å². The number of hydrogen-bond donors (Lipinski definition) is 1. The second kappa shape index (κ2) is 10.3. The van der Waals surface area contributed by atoms with Crippen LogP contribution in [0, 0.1) is 12.8 Å². The Bertz CT molecular complexity index is 1190. The van der Waals surface area contributed by atoms with Crippen molar-refractivity contribution in [1.82, 2.24) is 4.90 Å². The maximum Gasteiger partial charge on any atom is 0.254 e. The fourth-order valence-corrected chi connectivity index (χ4v) is 5.52. The standard InChI is InChI=1S/C30H33N3O2/c1-22-11-5-6-16-26(22)30(35)33-20-10-17-27(28(33)23-12-3-2-4-13-23)29(34)31-24-14-9-15-25(21-24)32-18-7-8-19-32/h2-6,9,11-16,21,27-28H,7-8,10,17-20H2,1H3,(H,31,34)/t27-,28-/m0/s1. The molecule has 0 aromatic heterocycles. The molecule has 0 saturated carbocycles. The number of benzene rings is 3. The molecule has 2 aliphatic rings. The van der Waals surface area contributed by atoms with Crippen molar-refractivity contribution in [2.24, 2.45) is 5.92 Å². The molecular weight excluding hydrogens is 434 g/mol. The summed E-state index contributed by atoms with van der Waals surface area (Å²) in [5.41, 5.74) is 4.62. The van der Waals surface area contributed by atoms with Crippen LogP contribution in [0.25, 0.3) is 0 Å². The van der Waals surface area contributed by atoms with E-state index in [0.717, 1.165) is 48.4 Å². The summed E-state index contributed by atoms with van der Waals surface area (Å²) in [7, 11) is 0. The van der Waals surface area contributed by atoms with E-state index < -0.39 is 0 Å². The maximum absolute atomic E-state index is 13.7. The molecule has 2 fully saturated rings. The van der Waals surface area contributed by atoms with E-state index in [1.807, 2.05) is 78.6 Å². The Morgan fingerprint density at radius 3 is 2.34 bits per heavy atom. The average Bonchev–Trinajstić information content (AvgIpc) is 3.44. The third kappa shape index (κ3) is 4.95. The van der Waals surface area contributed by atoms with Crippen LogP contribution in [0.15, 0.2) is 78.9 Å². The highest BCUT2D eigenvalue weighted by Gasteiger charge is 2.39. The van der Waals surface area contributed by atoms with Gasteiger partial charge in [-0.25, -0.2) is 0 Å². The van der Waals surface area contributed by atoms with Gasteiger partial charge in [0.05, 0.1) is 12.0 Å². The molecule has 2 amide bonds. The fraction of sp³-hybridized carbons (Fsp3) is 0.333. The Labute approximate surface area is 207 Å². The number of carbonyl (C=O) groups excluding carboxylic acids is 2. The van der Waals surface area contributed by atoms with Gasteiger partial charge in [0, 0.05) is 36.6 Å². The summed E-state index contributed by atoms with van der Waals surface area (Å²) >= 11 is 0. The molecular formula is C30H33N3O2. The summed E-state index contributed by atoms with van der Waals surface area (Å²) in [4.78, 5) is 31.7. The third-order valence-electron chi connectivity index (χ3n) is 7.33. The van der Waals surface area contributed by atoms with Gasteiger partial charge in [0.25, 0.3) is 5.91 Å². The zero-order valence-corrected chi connectivity index (χ0v) is 20.3. The summed E-state index contributed by atoms with van der Waals surface area (Å²) in [6, 6.07) is 25.5. The van der Waals surface area contributed by atoms with Gasteiger partial charge in [-0.3, -0.25) is 9.59 Å². The number of nitrogens with zero attached hydrogens (tertiary/aromatic N) is 2. The molecule has 2 aliphatic heterocycles. The van der Waals surface area contributed by atoms with Gasteiger partial charge in [-0.15, -0.1) is 0 Å². The van der Waals surface area contributed by atoms with E-state index in [9.17, 15) is 9.59 Å². The first-order chi connectivity index (χ1) is 17.1. The summed E-state index contributed by atoms with van der Waals surface area (Å²) < 4.78 is 0. The second-order valence-corrected chi connectivity index (χ2v) is 9.65. The summed E-state index contributed by atoms with van der Waals surface area (Å²) in [5.74, 6) is -0.361. The smallest absolute Gasteiger partial charge is 0.254 e.